The lowest BCUT2D eigenvalue weighted by molar-refractivity contribution is -0.170. The molecule has 0 aliphatic carbocycles. The van der Waals surface area contributed by atoms with Crippen molar-refractivity contribution in [1.29, 1.82) is 0 Å². The molecule has 1 aliphatic heterocycles. The summed E-state index contributed by atoms with van der Waals surface area (Å²) in [7, 11) is 0. The van der Waals surface area contributed by atoms with Gasteiger partial charge in [-0.15, -0.1) is 0 Å². The predicted octanol–water partition coefficient (Wildman–Crippen LogP) is -3.48. The molecule has 0 aromatic heterocycles. The van der Waals surface area contributed by atoms with Crippen molar-refractivity contribution in [2.75, 3.05) is 6.54 Å². The van der Waals surface area contributed by atoms with Crippen molar-refractivity contribution in [3.05, 3.63) is 0 Å². The highest BCUT2D eigenvalue weighted by atomic mass is 16.4. The summed E-state index contributed by atoms with van der Waals surface area (Å²) < 4.78 is 0. The number of nitrogens with one attached hydrogen (secondary N) is 1. The predicted molar refractivity (Wildman–Crippen MR) is 111 cm³/mol. The number of aliphatic hydroxyl groups is 2. The standard InChI is InChI=1S/C6H14N2O2.C6H7NO5.C6H8O7/c7-4-2-1-3-5(8)6(9)10;8-3-1-6(12,2-4(9)10)5(11)7-3;7-3(8)1-6(13,5(11)12)2-4(9)10/h5H,1-4,7-8H2,(H,9,10);12H,1-2H2,(H,9,10)(H,7,8,11);13H,1-2H2,(H,7,8)(H,9,10)(H,11,12)/t5-;;/m0../s1. The van der Waals surface area contributed by atoms with Crippen molar-refractivity contribution in [3.8, 4) is 0 Å². The van der Waals surface area contributed by atoms with Crippen LogP contribution in [0.1, 0.15) is 44.9 Å². The molecule has 0 bridgehead atoms. The third-order valence-corrected chi connectivity index (χ3v) is 4.14. The van der Waals surface area contributed by atoms with Gasteiger partial charge in [0.15, 0.2) is 11.2 Å². The van der Waals surface area contributed by atoms with Crippen LogP contribution >= 0.6 is 0 Å². The normalized spacial score (nSPS) is 17.6. The van der Waals surface area contributed by atoms with Crippen molar-refractivity contribution in [2.24, 2.45) is 11.5 Å². The van der Waals surface area contributed by atoms with Crippen LogP contribution in [-0.2, 0) is 33.6 Å². The molecule has 17 heteroatoms. The van der Waals surface area contributed by atoms with Gasteiger partial charge in [-0.05, 0) is 19.4 Å². The van der Waals surface area contributed by atoms with E-state index in [0.717, 1.165) is 12.8 Å². The van der Waals surface area contributed by atoms with Gasteiger partial charge in [0.1, 0.15) is 6.04 Å². The van der Waals surface area contributed by atoms with Crippen molar-refractivity contribution in [2.45, 2.75) is 62.2 Å². The Kier molecular flexibility index (Phi) is 14.6. The lowest BCUT2D eigenvalue weighted by Gasteiger charge is -2.18. The van der Waals surface area contributed by atoms with Crippen molar-refractivity contribution in [1.82, 2.24) is 5.32 Å². The van der Waals surface area contributed by atoms with E-state index in [-0.39, 0.29) is 0 Å². The molecule has 0 aromatic carbocycles. The van der Waals surface area contributed by atoms with E-state index in [9.17, 15) is 38.7 Å². The van der Waals surface area contributed by atoms with E-state index in [1.165, 1.54) is 0 Å². The number of amides is 2. The fourth-order valence-corrected chi connectivity index (χ4v) is 2.37. The summed E-state index contributed by atoms with van der Waals surface area (Å²) in [4.78, 5) is 72.1. The van der Waals surface area contributed by atoms with E-state index >= 15 is 0 Å². The Morgan fingerprint density at radius 3 is 1.71 bits per heavy atom. The Morgan fingerprint density at radius 2 is 1.43 bits per heavy atom. The molecule has 12 N–H and O–H groups in total. The summed E-state index contributed by atoms with van der Waals surface area (Å²) in [5.41, 5.74) is 5.63. The van der Waals surface area contributed by atoms with Crippen LogP contribution in [0.15, 0.2) is 0 Å². The number of carboxylic acids is 5. The average molecular weight is 511 g/mol. The van der Waals surface area contributed by atoms with E-state index in [4.69, 9.17) is 42.1 Å². The monoisotopic (exact) mass is 511 g/mol. The van der Waals surface area contributed by atoms with Crippen LogP contribution in [0.2, 0.25) is 0 Å². The van der Waals surface area contributed by atoms with Gasteiger partial charge in [-0.1, -0.05) is 6.42 Å². The van der Waals surface area contributed by atoms with Crippen LogP contribution in [0.4, 0.5) is 0 Å². The second kappa shape index (κ2) is 15.3. The van der Waals surface area contributed by atoms with Gasteiger partial charge in [-0.25, -0.2) is 4.79 Å². The van der Waals surface area contributed by atoms with Gasteiger partial charge in [0.05, 0.1) is 25.7 Å². The Balaban J connectivity index is 0. The zero-order chi connectivity index (χ0) is 28.0. The summed E-state index contributed by atoms with van der Waals surface area (Å²) in [6.45, 7) is 0.604. The van der Waals surface area contributed by atoms with Crippen molar-refractivity contribution in [3.63, 3.8) is 0 Å². The largest absolute Gasteiger partial charge is 0.481 e. The third kappa shape index (κ3) is 14.3. The van der Waals surface area contributed by atoms with Crippen LogP contribution in [0, 0.1) is 0 Å². The fraction of sp³-hybridized carbons (Fsp3) is 0.611. The average Bonchev–Trinajstić information content (AvgIpc) is 2.91. The summed E-state index contributed by atoms with van der Waals surface area (Å²) in [6.07, 6.45) is -1.34. The summed E-state index contributed by atoms with van der Waals surface area (Å²) in [5, 5.41) is 61.5. The number of hydrogen-bond donors (Lipinski definition) is 10. The first-order valence-corrected chi connectivity index (χ1v) is 9.76. The minimum atomic E-state index is -2.74. The maximum absolute atomic E-state index is 10.8. The number of aliphatic carboxylic acids is 5. The summed E-state index contributed by atoms with van der Waals surface area (Å²) in [6, 6.07) is -0.716. The lowest BCUT2D eigenvalue weighted by Crippen LogP contribution is -2.42. The molecule has 0 aromatic rings. The highest BCUT2D eigenvalue weighted by Gasteiger charge is 2.46. The maximum atomic E-state index is 10.8. The second-order valence-corrected chi connectivity index (χ2v) is 7.36. The van der Waals surface area contributed by atoms with E-state index in [1.807, 2.05) is 5.32 Å². The Morgan fingerprint density at radius 1 is 0.943 bits per heavy atom. The Hall–Kier alpha value is -3.67. The zero-order valence-electron chi connectivity index (χ0n) is 18.4. The van der Waals surface area contributed by atoms with E-state index < -0.39 is 84.6 Å². The quantitative estimate of drug-likeness (QED) is 0.0897. The molecule has 200 valence electrons. The van der Waals surface area contributed by atoms with Gasteiger partial charge in [-0.3, -0.25) is 34.1 Å². The second-order valence-electron chi connectivity index (χ2n) is 7.36. The number of carboxylic acid groups (broad SMARTS) is 5. The number of carbonyl (C=O) groups is 7. The van der Waals surface area contributed by atoms with Crippen LogP contribution in [0.3, 0.4) is 0 Å². The van der Waals surface area contributed by atoms with Crippen molar-refractivity contribution < 1.29 is 69.3 Å². The minimum Gasteiger partial charge on any atom is -0.481 e. The molecule has 2 atom stereocenters. The van der Waals surface area contributed by atoms with Crippen LogP contribution in [0.25, 0.3) is 0 Å². The van der Waals surface area contributed by atoms with Gasteiger partial charge >= 0.3 is 29.8 Å². The van der Waals surface area contributed by atoms with Gasteiger partial charge < -0.3 is 47.2 Å². The number of hydrogen-bond acceptors (Lipinski definition) is 11. The Bertz CT molecular complexity index is 798. The Labute approximate surface area is 197 Å². The molecule has 0 saturated carbocycles. The first kappa shape index (κ1) is 33.5. The number of rotatable bonds is 12. The molecular weight excluding hydrogens is 482 g/mol. The van der Waals surface area contributed by atoms with Gasteiger partial charge in [0.25, 0.3) is 5.91 Å². The zero-order valence-corrected chi connectivity index (χ0v) is 18.4. The number of nitrogens with two attached hydrogens (primary N) is 2. The molecule has 1 rings (SSSR count). The first-order chi connectivity index (χ1) is 15.9. The van der Waals surface area contributed by atoms with Crippen LogP contribution in [-0.4, -0.2) is 101 Å². The summed E-state index contributed by atoms with van der Waals surface area (Å²) >= 11 is 0. The number of imide groups is 1. The highest BCUT2D eigenvalue weighted by Crippen LogP contribution is 2.20. The van der Waals surface area contributed by atoms with Gasteiger partial charge in [0.2, 0.25) is 5.91 Å². The maximum Gasteiger partial charge on any atom is 0.336 e. The summed E-state index contributed by atoms with van der Waals surface area (Å²) in [5.74, 6) is -8.85. The lowest BCUT2D eigenvalue weighted by atomic mass is 9.96. The first-order valence-electron chi connectivity index (χ1n) is 9.76. The molecule has 2 amide bonds. The smallest absolute Gasteiger partial charge is 0.336 e. The van der Waals surface area contributed by atoms with E-state index in [1.54, 1.807) is 0 Å². The highest BCUT2D eigenvalue weighted by molar-refractivity contribution is 6.08. The molecule has 17 nitrogen and oxygen atoms in total. The van der Waals surface area contributed by atoms with Gasteiger partial charge in [-0.2, -0.15) is 0 Å². The minimum absolute atomic E-state index is 0.474. The van der Waals surface area contributed by atoms with Gasteiger partial charge in [0, 0.05) is 0 Å². The number of carbonyl (C=O) groups excluding carboxylic acids is 2. The molecule has 1 heterocycles. The molecule has 35 heavy (non-hydrogen) atoms. The number of unbranched alkanes of at least 4 members (excludes halogenated alkanes) is 1. The van der Waals surface area contributed by atoms with Crippen LogP contribution in [0.5, 0.6) is 0 Å². The molecule has 0 spiro atoms. The van der Waals surface area contributed by atoms with Crippen LogP contribution < -0.4 is 16.8 Å². The SMILES string of the molecule is NCCCC[C@H](N)C(=O)O.O=C(O)CC(O)(CC(=O)O)C(=O)O.O=C(O)CC1(O)CC(=O)NC1=O. The van der Waals surface area contributed by atoms with Crippen molar-refractivity contribution >= 4 is 41.7 Å². The van der Waals surface area contributed by atoms with E-state index in [0.29, 0.717) is 13.0 Å². The topological polar surface area (TPSA) is 325 Å². The molecule has 0 radical (unpaired) electrons. The molecule has 1 saturated heterocycles. The molecule has 1 unspecified atom stereocenters. The third-order valence-electron chi connectivity index (χ3n) is 4.14. The van der Waals surface area contributed by atoms with E-state index in [2.05, 4.69) is 0 Å². The fourth-order valence-electron chi connectivity index (χ4n) is 2.37. The molecular formula is C18H29N3O14. The molecule has 1 aliphatic rings. The molecule has 1 fully saturated rings.